The van der Waals surface area contributed by atoms with E-state index in [1.165, 1.54) is 26.1 Å². The van der Waals surface area contributed by atoms with E-state index in [1.807, 2.05) is 22.6 Å². The van der Waals surface area contributed by atoms with Gasteiger partial charge in [0.15, 0.2) is 0 Å². The predicted molar refractivity (Wildman–Crippen MR) is 68.3 cm³/mol. The number of hydrogen-bond acceptors (Lipinski definition) is 2. The van der Waals surface area contributed by atoms with Crippen molar-refractivity contribution < 1.29 is 19.1 Å². The van der Waals surface area contributed by atoms with Crippen LogP contribution in [0.5, 0.6) is 0 Å². The molecule has 4 nitrogen and oxygen atoms in total. The Balaban J connectivity index is 2.96. The van der Waals surface area contributed by atoms with Crippen LogP contribution in [0.25, 0.3) is 0 Å². The molecule has 0 aliphatic heterocycles. The zero-order valence-corrected chi connectivity index (χ0v) is 11.4. The van der Waals surface area contributed by atoms with Crippen molar-refractivity contribution in [1.82, 2.24) is 4.90 Å². The van der Waals surface area contributed by atoms with Gasteiger partial charge in [-0.15, -0.1) is 0 Å². The Morgan fingerprint density at radius 3 is 2.53 bits per heavy atom. The molecule has 0 heterocycles. The van der Waals surface area contributed by atoms with Crippen molar-refractivity contribution >= 4 is 34.5 Å². The summed E-state index contributed by atoms with van der Waals surface area (Å²) in [5, 5.41) is 8.78. The fourth-order valence-corrected chi connectivity index (χ4v) is 1.51. The Kier molecular flexibility index (Phi) is 4.44. The summed E-state index contributed by atoms with van der Waals surface area (Å²) in [5.74, 6) is -2.12. The van der Waals surface area contributed by atoms with Crippen LogP contribution in [-0.4, -0.2) is 35.0 Å². The number of amides is 1. The first kappa shape index (κ1) is 13.9. The largest absolute Gasteiger partial charge is 0.480 e. The zero-order valence-electron chi connectivity index (χ0n) is 9.28. The number of rotatable bonds is 3. The summed E-state index contributed by atoms with van der Waals surface area (Å²) in [5.41, 5.74) is 0.138. The number of carbonyl (C=O) groups is 2. The van der Waals surface area contributed by atoms with Crippen molar-refractivity contribution in [3.63, 3.8) is 0 Å². The minimum atomic E-state index is -1.10. The van der Waals surface area contributed by atoms with Gasteiger partial charge in [0.2, 0.25) is 0 Å². The van der Waals surface area contributed by atoms with Crippen LogP contribution in [0.4, 0.5) is 4.39 Å². The number of likely N-dealkylation sites (N-methyl/N-ethyl adjacent to an activating group) is 1. The standard InChI is InChI=1S/C11H11FINO3/c1-6(11(16)17)14(2)10(15)7-3-4-9(13)8(12)5-7/h3-6H,1-2H3,(H,16,17). The molecule has 0 saturated heterocycles. The van der Waals surface area contributed by atoms with Crippen LogP contribution in [0.15, 0.2) is 18.2 Å². The van der Waals surface area contributed by atoms with Crippen molar-refractivity contribution in [3.05, 3.63) is 33.1 Å². The lowest BCUT2D eigenvalue weighted by molar-refractivity contribution is -0.141. The smallest absolute Gasteiger partial charge is 0.326 e. The topological polar surface area (TPSA) is 57.6 Å². The first-order chi connectivity index (χ1) is 7.84. The van der Waals surface area contributed by atoms with Gasteiger partial charge in [-0.3, -0.25) is 4.79 Å². The third-order valence-corrected chi connectivity index (χ3v) is 3.30. The van der Waals surface area contributed by atoms with Crippen LogP contribution >= 0.6 is 22.6 Å². The molecule has 92 valence electrons. The highest BCUT2D eigenvalue weighted by Crippen LogP contribution is 2.14. The molecule has 1 N–H and O–H groups in total. The molecule has 0 radical (unpaired) electrons. The van der Waals surface area contributed by atoms with Crippen LogP contribution in [0, 0.1) is 9.39 Å². The summed E-state index contributed by atoms with van der Waals surface area (Å²) in [6.45, 7) is 1.39. The quantitative estimate of drug-likeness (QED) is 0.848. The minimum absolute atomic E-state index is 0.138. The van der Waals surface area contributed by atoms with Crippen molar-refractivity contribution in [1.29, 1.82) is 0 Å². The van der Waals surface area contributed by atoms with Gasteiger partial charge >= 0.3 is 5.97 Å². The van der Waals surface area contributed by atoms with Gasteiger partial charge < -0.3 is 10.0 Å². The van der Waals surface area contributed by atoms with Gasteiger partial charge in [0, 0.05) is 16.2 Å². The molecular weight excluding hydrogens is 340 g/mol. The van der Waals surface area contributed by atoms with E-state index < -0.39 is 23.7 Å². The number of hydrogen-bond donors (Lipinski definition) is 1. The van der Waals surface area contributed by atoms with Gasteiger partial charge in [0.1, 0.15) is 11.9 Å². The van der Waals surface area contributed by atoms with Crippen LogP contribution in [0.2, 0.25) is 0 Å². The van der Waals surface area contributed by atoms with E-state index in [2.05, 4.69) is 0 Å². The summed E-state index contributed by atoms with van der Waals surface area (Å²) in [7, 11) is 1.37. The highest BCUT2D eigenvalue weighted by Gasteiger charge is 2.23. The van der Waals surface area contributed by atoms with Gasteiger partial charge in [-0.1, -0.05) is 0 Å². The van der Waals surface area contributed by atoms with Crippen molar-refractivity contribution in [2.45, 2.75) is 13.0 Å². The van der Waals surface area contributed by atoms with Crippen molar-refractivity contribution in [3.8, 4) is 0 Å². The Labute approximate surface area is 112 Å². The zero-order chi connectivity index (χ0) is 13.2. The maximum atomic E-state index is 13.3. The van der Waals surface area contributed by atoms with Gasteiger partial charge in [-0.25, -0.2) is 9.18 Å². The Hall–Kier alpha value is -1.18. The molecule has 17 heavy (non-hydrogen) atoms. The summed E-state index contributed by atoms with van der Waals surface area (Å²) in [6, 6.07) is 3.10. The fraction of sp³-hybridized carbons (Fsp3) is 0.273. The number of nitrogens with zero attached hydrogens (tertiary/aromatic N) is 1. The van der Waals surface area contributed by atoms with Gasteiger partial charge in [0.25, 0.3) is 5.91 Å². The van der Waals surface area contributed by atoms with E-state index in [4.69, 9.17) is 5.11 Å². The van der Waals surface area contributed by atoms with E-state index in [0.29, 0.717) is 3.57 Å². The van der Waals surface area contributed by atoms with E-state index in [0.717, 1.165) is 11.0 Å². The molecule has 1 aromatic rings. The van der Waals surface area contributed by atoms with Gasteiger partial charge in [-0.05, 0) is 47.7 Å². The Morgan fingerprint density at radius 2 is 2.06 bits per heavy atom. The molecule has 6 heteroatoms. The summed E-state index contributed by atoms with van der Waals surface area (Å²) in [4.78, 5) is 23.6. The normalized spacial score (nSPS) is 12.0. The molecule has 0 spiro atoms. The first-order valence-corrected chi connectivity index (χ1v) is 5.87. The maximum absolute atomic E-state index is 13.3. The lowest BCUT2D eigenvalue weighted by Gasteiger charge is -2.21. The summed E-state index contributed by atoms with van der Waals surface area (Å²) >= 11 is 1.81. The summed E-state index contributed by atoms with van der Waals surface area (Å²) in [6.07, 6.45) is 0. The molecule has 1 aromatic carbocycles. The third-order valence-electron chi connectivity index (χ3n) is 2.43. The number of carbonyl (C=O) groups excluding carboxylic acids is 1. The molecular formula is C11H11FINO3. The molecule has 1 rings (SSSR count). The third kappa shape index (κ3) is 3.15. The SMILES string of the molecule is CC(C(=O)O)N(C)C(=O)c1ccc(I)c(F)c1. The minimum Gasteiger partial charge on any atom is -0.480 e. The number of aliphatic carboxylic acids is 1. The monoisotopic (exact) mass is 351 g/mol. The lowest BCUT2D eigenvalue weighted by atomic mass is 10.1. The van der Waals surface area contributed by atoms with Crippen LogP contribution in [0.1, 0.15) is 17.3 Å². The Morgan fingerprint density at radius 1 is 1.47 bits per heavy atom. The fourth-order valence-electron chi connectivity index (χ4n) is 1.17. The van der Waals surface area contributed by atoms with Gasteiger partial charge in [-0.2, -0.15) is 0 Å². The van der Waals surface area contributed by atoms with Crippen molar-refractivity contribution in [2.75, 3.05) is 7.05 Å². The molecule has 0 aromatic heterocycles. The molecule has 0 fully saturated rings. The van der Waals surface area contributed by atoms with E-state index >= 15 is 0 Å². The predicted octanol–water partition coefficient (Wildman–Crippen LogP) is 1.98. The highest BCUT2D eigenvalue weighted by atomic mass is 127. The Bertz CT molecular complexity index is 464. The van der Waals surface area contributed by atoms with Crippen LogP contribution in [0.3, 0.4) is 0 Å². The molecule has 1 unspecified atom stereocenters. The molecule has 0 bridgehead atoms. The van der Waals surface area contributed by atoms with Crippen LogP contribution < -0.4 is 0 Å². The lowest BCUT2D eigenvalue weighted by Crippen LogP contribution is -2.40. The second-order valence-electron chi connectivity index (χ2n) is 3.56. The molecule has 1 amide bonds. The van der Waals surface area contributed by atoms with Crippen LogP contribution in [-0.2, 0) is 4.79 Å². The second kappa shape index (κ2) is 5.44. The molecule has 0 aliphatic carbocycles. The maximum Gasteiger partial charge on any atom is 0.326 e. The molecule has 0 aliphatic rings. The van der Waals surface area contributed by atoms with E-state index in [1.54, 1.807) is 0 Å². The highest BCUT2D eigenvalue weighted by molar-refractivity contribution is 14.1. The first-order valence-electron chi connectivity index (χ1n) is 4.79. The average molecular weight is 351 g/mol. The molecule has 0 saturated carbocycles. The number of benzene rings is 1. The molecule has 1 atom stereocenters. The van der Waals surface area contributed by atoms with Gasteiger partial charge in [0.05, 0.1) is 0 Å². The van der Waals surface area contributed by atoms with E-state index in [-0.39, 0.29) is 5.56 Å². The second-order valence-corrected chi connectivity index (χ2v) is 4.72. The average Bonchev–Trinajstić information content (AvgIpc) is 2.29. The van der Waals surface area contributed by atoms with E-state index in [9.17, 15) is 14.0 Å². The number of carboxylic acid groups (broad SMARTS) is 1. The number of carboxylic acids is 1. The van der Waals surface area contributed by atoms with Crippen molar-refractivity contribution in [2.24, 2.45) is 0 Å². The summed E-state index contributed by atoms with van der Waals surface area (Å²) < 4.78 is 13.7. The number of halogens is 2.